The fourth-order valence-corrected chi connectivity index (χ4v) is 4.28. The Hall–Kier alpha value is -2.70. The summed E-state index contributed by atoms with van der Waals surface area (Å²) in [7, 11) is 0. The van der Waals surface area contributed by atoms with Crippen molar-refractivity contribution < 1.29 is 18.4 Å². The molecule has 0 spiro atoms. The molecule has 152 valence electrons. The van der Waals surface area contributed by atoms with Gasteiger partial charge in [0, 0.05) is 48.6 Å². The Bertz CT molecular complexity index is 965. The SMILES string of the molecule is O=C(C1CC1)N(CC(=O)N1CCn2cccc2[C@H]1c1ccc(F)cc1F)C1CC1. The monoisotopic (exact) mass is 399 g/mol. The molecule has 0 unspecified atom stereocenters. The van der Waals surface area contributed by atoms with Gasteiger partial charge >= 0.3 is 0 Å². The predicted molar refractivity (Wildman–Crippen MR) is 102 cm³/mol. The molecule has 5 nitrogen and oxygen atoms in total. The van der Waals surface area contributed by atoms with Crippen molar-refractivity contribution in [3.05, 3.63) is 59.4 Å². The van der Waals surface area contributed by atoms with Crippen molar-refractivity contribution in [2.45, 2.75) is 44.3 Å². The van der Waals surface area contributed by atoms with Crippen molar-refractivity contribution >= 4 is 11.8 Å². The van der Waals surface area contributed by atoms with Gasteiger partial charge in [0.1, 0.15) is 24.2 Å². The van der Waals surface area contributed by atoms with Gasteiger partial charge in [-0.3, -0.25) is 9.59 Å². The van der Waals surface area contributed by atoms with E-state index in [-0.39, 0.29) is 35.9 Å². The van der Waals surface area contributed by atoms with Gasteiger partial charge in [0.25, 0.3) is 0 Å². The van der Waals surface area contributed by atoms with Crippen LogP contribution in [0.25, 0.3) is 0 Å². The molecule has 2 heterocycles. The van der Waals surface area contributed by atoms with Crippen LogP contribution < -0.4 is 0 Å². The van der Waals surface area contributed by atoms with Gasteiger partial charge in [-0.2, -0.15) is 0 Å². The fourth-order valence-electron chi connectivity index (χ4n) is 4.28. The van der Waals surface area contributed by atoms with Gasteiger partial charge in [0.05, 0.1) is 0 Å². The molecule has 3 aliphatic rings. The summed E-state index contributed by atoms with van der Waals surface area (Å²) in [5.41, 5.74) is 1.06. The molecule has 0 N–H and O–H groups in total. The Labute approximate surface area is 167 Å². The molecule has 1 atom stereocenters. The van der Waals surface area contributed by atoms with E-state index in [0.717, 1.165) is 37.4 Å². The zero-order valence-corrected chi connectivity index (χ0v) is 16.1. The van der Waals surface area contributed by atoms with Crippen LogP contribution in [0.3, 0.4) is 0 Å². The molecule has 0 bridgehead atoms. The van der Waals surface area contributed by atoms with E-state index in [1.54, 1.807) is 9.80 Å². The van der Waals surface area contributed by atoms with E-state index in [9.17, 15) is 18.4 Å². The molecule has 1 aliphatic heterocycles. The number of aromatic nitrogens is 1. The summed E-state index contributed by atoms with van der Waals surface area (Å²) in [4.78, 5) is 29.3. The van der Waals surface area contributed by atoms with E-state index in [1.807, 2.05) is 22.9 Å². The lowest BCUT2D eigenvalue weighted by molar-refractivity contribution is -0.143. The maximum atomic E-state index is 14.7. The molecule has 7 heteroatoms. The zero-order valence-electron chi connectivity index (χ0n) is 16.1. The average molecular weight is 399 g/mol. The number of nitrogens with zero attached hydrogens (tertiary/aromatic N) is 3. The van der Waals surface area contributed by atoms with Gasteiger partial charge in [-0.05, 0) is 43.9 Å². The topological polar surface area (TPSA) is 45.6 Å². The molecule has 2 aromatic rings. The second kappa shape index (κ2) is 6.97. The third-order valence-electron chi connectivity index (χ3n) is 6.12. The van der Waals surface area contributed by atoms with Crippen LogP contribution in [0.1, 0.15) is 43.0 Å². The fraction of sp³-hybridized carbons (Fsp3) is 0.455. The van der Waals surface area contributed by atoms with E-state index >= 15 is 0 Å². The average Bonchev–Trinajstić information content (AvgIpc) is 3.62. The van der Waals surface area contributed by atoms with Gasteiger partial charge in [-0.25, -0.2) is 8.78 Å². The summed E-state index contributed by atoms with van der Waals surface area (Å²) in [6, 6.07) is 6.73. The number of halogens is 2. The summed E-state index contributed by atoms with van der Waals surface area (Å²) in [5.74, 6) is -1.37. The van der Waals surface area contributed by atoms with Crippen LogP contribution in [0.15, 0.2) is 36.5 Å². The normalized spacial score (nSPS) is 21.0. The Morgan fingerprint density at radius 1 is 1.07 bits per heavy atom. The number of rotatable bonds is 5. The number of carbonyl (C=O) groups excluding carboxylic acids is 2. The van der Waals surface area contributed by atoms with Crippen molar-refractivity contribution in [3.63, 3.8) is 0 Å². The lowest BCUT2D eigenvalue weighted by Gasteiger charge is -2.38. The second-order valence-electron chi connectivity index (χ2n) is 8.25. The van der Waals surface area contributed by atoms with E-state index in [1.165, 1.54) is 12.1 Å². The van der Waals surface area contributed by atoms with Crippen molar-refractivity contribution in [2.24, 2.45) is 5.92 Å². The summed E-state index contributed by atoms with van der Waals surface area (Å²) in [6.45, 7) is 1.05. The minimum Gasteiger partial charge on any atom is -0.348 e. The van der Waals surface area contributed by atoms with E-state index in [0.29, 0.717) is 13.1 Å². The molecule has 2 aliphatic carbocycles. The molecule has 0 radical (unpaired) electrons. The van der Waals surface area contributed by atoms with E-state index < -0.39 is 17.7 Å². The lowest BCUT2D eigenvalue weighted by atomic mass is 9.99. The summed E-state index contributed by atoms with van der Waals surface area (Å²) >= 11 is 0. The third-order valence-corrected chi connectivity index (χ3v) is 6.12. The smallest absolute Gasteiger partial charge is 0.243 e. The lowest BCUT2D eigenvalue weighted by Crippen LogP contribution is -2.49. The molecule has 2 saturated carbocycles. The number of hydrogen-bond acceptors (Lipinski definition) is 2. The van der Waals surface area contributed by atoms with Gasteiger partial charge in [-0.15, -0.1) is 0 Å². The van der Waals surface area contributed by atoms with Crippen LogP contribution in [-0.2, 0) is 16.1 Å². The quantitative estimate of drug-likeness (QED) is 0.776. The molecular weight excluding hydrogens is 376 g/mol. The summed E-state index contributed by atoms with van der Waals surface area (Å²) in [6.07, 6.45) is 5.57. The standard InChI is InChI=1S/C22H23F2N3O2/c23-15-5-8-17(18(24)12-15)21-19-2-1-9-25(19)10-11-26(21)20(28)13-27(16-6-7-16)22(29)14-3-4-14/h1-2,5,8-9,12,14,16,21H,3-4,6-7,10-11,13H2/t21-/m1/s1. The maximum absolute atomic E-state index is 14.7. The van der Waals surface area contributed by atoms with Crippen LogP contribution in [0, 0.1) is 17.6 Å². The Morgan fingerprint density at radius 3 is 2.55 bits per heavy atom. The molecule has 1 aromatic heterocycles. The van der Waals surface area contributed by atoms with E-state index in [2.05, 4.69) is 0 Å². The third kappa shape index (κ3) is 3.43. The van der Waals surface area contributed by atoms with Gasteiger partial charge in [0.15, 0.2) is 0 Å². The first-order valence-electron chi connectivity index (χ1n) is 10.2. The second-order valence-corrected chi connectivity index (χ2v) is 8.25. The zero-order chi connectivity index (χ0) is 20.1. The maximum Gasteiger partial charge on any atom is 0.243 e. The number of benzene rings is 1. The molecule has 2 fully saturated rings. The number of carbonyl (C=O) groups is 2. The van der Waals surface area contributed by atoms with Crippen molar-refractivity contribution in [1.82, 2.24) is 14.4 Å². The number of fused-ring (bicyclic) bond motifs is 1. The van der Waals surface area contributed by atoms with Crippen LogP contribution >= 0.6 is 0 Å². The molecule has 0 saturated heterocycles. The van der Waals surface area contributed by atoms with Crippen LogP contribution in [-0.4, -0.2) is 45.3 Å². The summed E-state index contributed by atoms with van der Waals surface area (Å²) < 4.78 is 30.1. The Morgan fingerprint density at radius 2 is 1.86 bits per heavy atom. The molecule has 2 amide bonds. The van der Waals surface area contributed by atoms with Crippen LogP contribution in [0.4, 0.5) is 8.78 Å². The van der Waals surface area contributed by atoms with E-state index in [4.69, 9.17) is 0 Å². The number of amides is 2. The first-order valence-corrected chi connectivity index (χ1v) is 10.2. The molecule has 1 aromatic carbocycles. The number of hydrogen-bond donors (Lipinski definition) is 0. The van der Waals surface area contributed by atoms with Crippen LogP contribution in [0.2, 0.25) is 0 Å². The Kier molecular flexibility index (Phi) is 4.41. The highest BCUT2D eigenvalue weighted by Crippen LogP contribution is 2.37. The molecule has 5 rings (SSSR count). The van der Waals surface area contributed by atoms with Crippen molar-refractivity contribution in [3.8, 4) is 0 Å². The van der Waals surface area contributed by atoms with Crippen molar-refractivity contribution in [1.29, 1.82) is 0 Å². The highest BCUT2D eigenvalue weighted by atomic mass is 19.1. The summed E-state index contributed by atoms with van der Waals surface area (Å²) in [5, 5.41) is 0. The molecule has 29 heavy (non-hydrogen) atoms. The van der Waals surface area contributed by atoms with Crippen molar-refractivity contribution in [2.75, 3.05) is 13.1 Å². The minimum absolute atomic E-state index is 0.0278. The highest BCUT2D eigenvalue weighted by Gasteiger charge is 2.42. The predicted octanol–water partition coefficient (Wildman–Crippen LogP) is 3.10. The van der Waals surface area contributed by atoms with Gasteiger partial charge in [0.2, 0.25) is 11.8 Å². The Balaban J connectivity index is 1.45. The van der Waals surface area contributed by atoms with Gasteiger partial charge < -0.3 is 14.4 Å². The van der Waals surface area contributed by atoms with Gasteiger partial charge in [-0.1, -0.05) is 6.07 Å². The van der Waals surface area contributed by atoms with Crippen LogP contribution in [0.5, 0.6) is 0 Å². The highest BCUT2D eigenvalue weighted by molar-refractivity contribution is 5.88. The first kappa shape index (κ1) is 18.3. The molecular formula is C22H23F2N3O2. The first-order chi connectivity index (χ1) is 14.0. The minimum atomic E-state index is -0.671. The largest absolute Gasteiger partial charge is 0.348 e.